The molecular formula is C35H38O. The van der Waals surface area contributed by atoms with Gasteiger partial charge in [-0.15, -0.1) is 0 Å². The quantitative estimate of drug-likeness (QED) is 0.314. The molecule has 0 saturated heterocycles. The van der Waals surface area contributed by atoms with Crippen molar-refractivity contribution in [3.63, 3.8) is 0 Å². The fraction of sp³-hybridized carbons (Fsp3) is 0.314. The van der Waals surface area contributed by atoms with Gasteiger partial charge in [-0.3, -0.25) is 0 Å². The number of aliphatic hydroxyl groups is 1. The first-order valence-electron chi connectivity index (χ1n) is 13.3. The maximum atomic E-state index is 9.10. The van der Waals surface area contributed by atoms with Crippen molar-refractivity contribution in [3.05, 3.63) is 113 Å². The number of rotatable bonds is 3. The van der Waals surface area contributed by atoms with Crippen LogP contribution in [-0.2, 0) is 11.8 Å². The van der Waals surface area contributed by atoms with Gasteiger partial charge in [0.15, 0.2) is 0 Å². The zero-order chi connectivity index (χ0) is 25.3. The molecule has 184 valence electrons. The second-order valence-corrected chi connectivity index (χ2v) is 11.8. The Morgan fingerprint density at radius 2 is 1.42 bits per heavy atom. The predicted molar refractivity (Wildman–Crippen MR) is 155 cm³/mol. The second-order valence-electron chi connectivity index (χ2n) is 11.8. The Labute approximate surface area is 216 Å². The zero-order valence-corrected chi connectivity index (χ0v) is 22.1. The summed E-state index contributed by atoms with van der Waals surface area (Å²) in [6.07, 6.45) is 8.84. The lowest BCUT2D eigenvalue weighted by Gasteiger charge is -2.40. The molecule has 0 aromatic heterocycles. The minimum Gasteiger partial charge on any atom is -0.396 e. The van der Waals surface area contributed by atoms with Gasteiger partial charge in [0, 0.05) is 6.61 Å². The maximum absolute atomic E-state index is 9.10. The van der Waals surface area contributed by atoms with Gasteiger partial charge in [-0.1, -0.05) is 124 Å². The van der Waals surface area contributed by atoms with Crippen LogP contribution in [0, 0.1) is 5.41 Å². The standard InChI is InChI=1S/C25H30O.C10H8/c1-24(2)12-11-20-19(15-24)16-25(3,4)23-21-9-7-17(6-5-13-26)14-18(21)8-10-22(20)23;1-2-6-10-8-4-3-7-9(10)5-1/h7-12,14,26H,5-6,13,15-16H2,1-4H3;1-8H. The van der Waals surface area contributed by atoms with E-state index in [1.807, 2.05) is 0 Å². The van der Waals surface area contributed by atoms with Crippen molar-refractivity contribution < 1.29 is 5.11 Å². The molecule has 2 aliphatic rings. The number of fused-ring (bicyclic) bond motifs is 5. The van der Waals surface area contributed by atoms with E-state index in [1.54, 1.807) is 5.57 Å². The van der Waals surface area contributed by atoms with Gasteiger partial charge in [-0.2, -0.15) is 0 Å². The van der Waals surface area contributed by atoms with Crippen molar-refractivity contribution in [2.24, 2.45) is 5.41 Å². The molecule has 6 rings (SSSR count). The van der Waals surface area contributed by atoms with E-state index >= 15 is 0 Å². The summed E-state index contributed by atoms with van der Waals surface area (Å²) in [5.74, 6) is 0. The summed E-state index contributed by atoms with van der Waals surface area (Å²) in [5, 5.41) is 14.4. The highest BCUT2D eigenvalue weighted by Crippen LogP contribution is 2.50. The second kappa shape index (κ2) is 9.71. The third-order valence-electron chi connectivity index (χ3n) is 7.74. The van der Waals surface area contributed by atoms with Gasteiger partial charge in [0.1, 0.15) is 0 Å². The summed E-state index contributed by atoms with van der Waals surface area (Å²) < 4.78 is 0. The van der Waals surface area contributed by atoms with Gasteiger partial charge in [0.2, 0.25) is 0 Å². The Hall–Kier alpha value is -3.16. The van der Waals surface area contributed by atoms with E-state index in [-0.39, 0.29) is 17.4 Å². The first-order valence-corrected chi connectivity index (χ1v) is 13.3. The molecule has 4 aromatic rings. The monoisotopic (exact) mass is 474 g/mol. The molecule has 2 aliphatic carbocycles. The maximum Gasteiger partial charge on any atom is 0.0434 e. The number of hydrogen-bond acceptors (Lipinski definition) is 1. The Morgan fingerprint density at radius 1 is 0.750 bits per heavy atom. The minimum absolute atomic E-state index is 0.154. The smallest absolute Gasteiger partial charge is 0.0434 e. The molecule has 0 spiro atoms. The number of allylic oxidation sites excluding steroid dienone is 4. The lowest BCUT2D eigenvalue weighted by molar-refractivity contribution is 0.288. The average molecular weight is 475 g/mol. The highest BCUT2D eigenvalue weighted by molar-refractivity contribution is 5.95. The highest BCUT2D eigenvalue weighted by atomic mass is 16.2. The molecule has 36 heavy (non-hydrogen) atoms. The van der Waals surface area contributed by atoms with E-state index < -0.39 is 0 Å². The van der Waals surface area contributed by atoms with E-state index in [4.69, 9.17) is 5.11 Å². The normalized spacial score (nSPS) is 17.4. The summed E-state index contributed by atoms with van der Waals surface area (Å²) in [4.78, 5) is 0. The Morgan fingerprint density at radius 3 is 2.06 bits per heavy atom. The topological polar surface area (TPSA) is 20.2 Å². The van der Waals surface area contributed by atoms with Crippen LogP contribution >= 0.6 is 0 Å². The average Bonchev–Trinajstić information content (AvgIpc) is 2.86. The van der Waals surface area contributed by atoms with Crippen LogP contribution in [-0.4, -0.2) is 11.7 Å². The van der Waals surface area contributed by atoms with Crippen molar-refractivity contribution in [1.82, 2.24) is 0 Å². The van der Waals surface area contributed by atoms with E-state index in [9.17, 15) is 0 Å². The van der Waals surface area contributed by atoms with Crippen molar-refractivity contribution >= 4 is 27.1 Å². The summed E-state index contributed by atoms with van der Waals surface area (Å²) >= 11 is 0. The SMILES string of the molecule is CC1(C)C=CC2=C(C1)CC(C)(C)c1c2ccc2cc(CCCO)ccc12.c1ccc2ccccc2c1. The largest absolute Gasteiger partial charge is 0.396 e. The van der Waals surface area contributed by atoms with Crippen LogP contribution in [0.5, 0.6) is 0 Å². The highest BCUT2D eigenvalue weighted by Gasteiger charge is 2.36. The lowest BCUT2D eigenvalue weighted by atomic mass is 9.64. The van der Waals surface area contributed by atoms with Gasteiger partial charge in [-0.25, -0.2) is 0 Å². The summed E-state index contributed by atoms with van der Waals surface area (Å²) in [5.41, 5.74) is 7.76. The molecule has 0 atom stereocenters. The van der Waals surface area contributed by atoms with E-state index in [1.165, 1.54) is 50.2 Å². The molecule has 0 unspecified atom stereocenters. The molecule has 0 saturated carbocycles. The molecule has 1 N–H and O–H groups in total. The van der Waals surface area contributed by atoms with Crippen LogP contribution in [0.1, 0.15) is 63.6 Å². The molecule has 0 fully saturated rings. The van der Waals surface area contributed by atoms with Gasteiger partial charge in [0.25, 0.3) is 0 Å². The van der Waals surface area contributed by atoms with Crippen LogP contribution in [0.2, 0.25) is 0 Å². The number of aryl methyl sites for hydroxylation is 1. The van der Waals surface area contributed by atoms with Crippen LogP contribution in [0.3, 0.4) is 0 Å². The van der Waals surface area contributed by atoms with Gasteiger partial charge in [-0.05, 0) is 80.3 Å². The third kappa shape index (κ3) is 4.90. The number of benzene rings is 4. The molecule has 0 bridgehead atoms. The molecule has 0 amide bonds. The molecule has 0 radical (unpaired) electrons. The molecule has 4 aromatic carbocycles. The summed E-state index contributed by atoms with van der Waals surface area (Å²) in [6.45, 7) is 9.74. The predicted octanol–water partition coefficient (Wildman–Crippen LogP) is 9.03. The van der Waals surface area contributed by atoms with Crippen molar-refractivity contribution in [2.75, 3.05) is 6.61 Å². The lowest BCUT2D eigenvalue weighted by Crippen LogP contribution is -2.27. The Kier molecular flexibility index (Phi) is 6.62. The van der Waals surface area contributed by atoms with E-state index in [0.717, 1.165) is 19.3 Å². The van der Waals surface area contributed by atoms with E-state index in [0.29, 0.717) is 0 Å². The molecule has 1 heteroatoms. The Bertz CT molecular complexity index is 1400. The first-order chi connectivity index (χ1) is 17.3. The van der Waals surface area contributed by atoms with Crippen molar-refractivity contribution in [2.45, 2.75) is 58.8 Å². The third-order valence-corrected chi connectivity index (χ3v) is 7.74. The molecule has 0 aliphatic heterocycles. The van der Waals surface area contributed by atoms with Crippen LogP contribution in [0.25, 0.3) is 27.1 Å². The Balaban J connectivity index is 0.000000222. The number of aliphatic hydroxyl groups excluding tert-OH is 1. The molecule has 0 heterocycles. The van der Waals surface area contributed by atoms with Crippen LogP contribution in [0.15, 0.2) is 96.6 Å². The summed E-state index contributed by atoms with van der Waals surface area (Å²) in [6, 6.07) is 28.2. The van der Waals surface area contributed by atoms with Crippen molar-refractivity contribution in [3.8, 4) is 0 Å². The molecular weight excluding hydrogens is 436 g/mol. The minimum atomic E-state index is 0.154. The fourth-order valence-corrected chi connectivity index (χ4v) is 6.10. The van der Waals surface area contributed by atoms with Crippen LogP contribution < -0.4 is 0 Å². The zero-order valence-electron chi connectivity index (χ0n) is 22.1. The van der Waals surface area contributed by atoms with Crippen molar-refractivity contribution in [1.29, 1.82) is 0 Å². The van der Waals surface area contributed by atoms with Crippen LogP contribution in [0.4, 0.5) is 0 Å². The summed E-state index contributed by atoms with van der Waals surface area (Å²) in [7, 11) is 0. The van der Waals surface area contributed by atoms with Gasteiger partial charge < -0.3 is 5.11 Å². The van der Waals surface area contributed by atoms with Gasteiger partial charge in [0.05, 0.1) is 0 Å². The first kappa shape index (κ1) is 24.5. The molecule has 1 nitrogen and oxygen atoms in total. The van der Waals surface area contributed by atoms with Gasteiger partial charge >= 0.3 is 0 Å². The van der Waals surface area contributed by atoms with E-state index in [2.05, 4.69) is 119 Å². The number of hydrogen-bond donors (Lipinski definition) is 1. The fourth-order valence-electron chi connectivity index (χ4n) is 6.10.